The molecular weight excluding hydrogens is 624 g/mol. The summed E-state index contributed by atoms with van der Waals surface area (Å²) in [7, 11) is 0. The van der Waals surface area contributed by atoms with Gasteiger partial charge in [0, 0.05) is 37.3 Å². The van der Waals surface area contributed by atoms with E-state index in [4.69, 9.17) is 0 Å². The van der Waals surface area contributed by atoms with Crippen LogP contribution in [-0.2, 0) is 24.0 Å². The first-order valence-corrected chi connectivity index (χ1v) is 18.4. The molecule has 0 radical (unpaired) electrons. The number of rotatable bonds is 16. The number of likely N-dealkylation sites (tertiary alicyclic amines) is 1. The first-order chi connectivity index (χ1) is 23.3. The number of carbonyl (C=O) groups is 6. The number of ketones is 2. The minimum Gasteiger partial charge on any atom is -0.347 e. The number of amides is 4. The molecule has 1 aromatic heterocycles. The van der Waals surface area contributed by atoms with Crippen molar-refractivity contribution in [2.45, 2.75) is 142 Å². The van der Waals surface area contributed by atoms with Crippen LogP contribution in [0.1, 0.15) is 129 Å². The lowest BCUT2D eigenvalue weighted by atomic mass is 9.80. The molecule has 12 nitrogen and oxygen atoms in total. The van der Waals surface area contributed by atoms with Crippen molar-refractivity contribution >= 4 is 35.2 Å². The van der Waals surface area contributed by atoms with Gasteiger partial charge in [-0.3, -0.25) is 33.8 Å². The standard InChI is InChI=1S/C37H56N6O6/c1-6-11-27(32(45)35(48)40-26-14-15-26)41-34(47)31-23(7-2)16-19-43(31)36(49)30(24-12-9-8-10-13-24)42-33(46)25(21-37(3,4)5)20-29(44)28-22-38-17-18-39-28/h17-18,22-27,30-31H,6-16,19-21H2,1-5H3,(H,40,48)(H,41,47)(H,42,46)/t23-,25-,27?,30-,31-/m0/s1. The molecule has 0 aromatic carbocycles. The third-order valence-electron chi connectivity index (χ3n) is 10.1. The maximum Gasteiger partial charge on any atom is 0.289 e. The average molecular weight is 681 g/mol. The molecule has 1 aliphatic heterocycles. The second kappa shape index (κ2) is 17.3. The van der Waals surface area contributed by atoms with E-state index >= 15 is 0 Å². The zero-order valence-electron chi connectivity index (χ0n) is 30.0. The number of aromatic nitrogens is 2. The average Bonchev–Trinajstić information content (AvgIpc) is 3.79. The van der Waals surface area contributed by atoms with Gasteiger partial charge < -0.3 is 20.9 Å². The summed E-state index contributed by atoms with van der Waals surface area (Å²) in [5.74, 6) is -3.70. The highest BCUT2D eigenvalue weighted by Gasteiger charge is 2.46. The lowest BCUT2D eigenvalue weighted by Gasteiger charge is -2.36. The predicted octanol–water partition coefficient (Wildman–Crippen LogP) is 3.93. The van der Waals surface area contributed by atoms with Gasteiger partial charge >= 0.3 is 0 Å². The van der Waals surface area contributed by atoms with Gasteiger partial charge in [0.2, 0.25) is 23.5 Å². The molecule has 49 heavy (non-hydrogen) atoms. The molecule has 270 valence electrons. The molecule has 5 atom stereocenters. The van der Waals surface area contributed by atoms with Gasteiger partial charge in [0.05, 0.1) is 12.2 Å². The molecule has 12 heteroatoms. The number of nitrogens with zero attached hydrogens (tertiary/aromatic N) is 3. The summed E-state index contributed by atoms with van der Waals surface area (Å²) in [6.45, 7) is 10.2. The third kappa shape index (κ3) is 10.6. The van der Waals surface area contributed by atoms with E-state index in [0.29, 0.717) is 38.6 Å². The second-order valence-corrected chi connectivity index (χ2v) is 15.5. The fourth-order valence-corrected chi connectivity index (χ4v) is 7.41. The molecule has 1 saturated heterocycles. The molecule has 3 fully saturated rings. The highest BCUT2D eigenvalue weighted by atomic mass is 16.2. The summed E-state index contributed by atoms with van der Waals surface area (Å²) in [5.41, 5.74) is -0.0840. The molecule has 2 aliphatic carbocycles. The van der Waals surface area contributed by atoms with Crippen molar-refractivity contribution in [2.75, 3.05) is 6.54 Å². The van der Waals surface area contributed by atoms with Gasteiger partial charge in [0.25, 0.3) is 5.91 Å². The Balaban J connectivity index is 1.56. The van der Waals surface area contributed by atoms with Crippen LogP contribution in [-0.4, -0.2) is 80.8 Å². The molecule has 4 amide bonds. The fourth-order valence-electron chi connectivity index (χ4n) is 7.41. The highest BCUT2D eigenvalue weighted by molar-refractivity contribution is 6.38. The first-order valence-electron chi connectivity index (χ1n) is 18.4. The number of carbonyl (C=O) groups excluding carboxylic acids is 6. The van der Waals surface area contributed by atoms with Crippen LogP contribution in [0.15, 0.2) is 18.6 Å². The number of hydrogen-bond acceptors (Lipinski definition) is 8. The van der Waals surface area contributed by atoms with E-state index in [9.17, 15) is 28.8 Å². The molecule has 1 unspecified atom stereocenters. The van der Waals surface area contributed by atoms with Gasteiger partial charge in [-0.25, -0.2) is 4.98 Å². The molecule has 0 bridgehead atoms. The van der Waals surface area contributed by atoms with E-state index in [1.165, 1.54) is 18.6 Å². The smallest absolute Gasteiger partial charge is 0.289 e. The van der Waals surface area contributed by atoms with Crippen LogP contribution in [0.5, 0.6) is 0 Å². The van der Waals surface area contributed by atoms with Crippen LogP contribution in [0.2, 0.25) is 0 Å². The Bertz CT molecular complexity index is 1340. The van der Waals surface area contributed by atoms with Crippen molar-refractivity contribution < 1.29 is 28.8 Å². The predicted molar refractivity (Wildman–Crippen MR) is 184 cm³/mol. The number of hydrogen-bond donors (Lipinski definition) is 3. The summed E-state index contributed by atoms with van der Waals surface area (Å²) in [4.78, 5) is 91.3. The largest absolute Gasteiger partial charge is 0.347 e. The van der Waals surface area contributed by atoms with Crippen molar-refractivity contribution in [3.8, 4) is 0 Å². The molecular formula is C37H56N6O6. The van der Waals surface area contributed by atoms with Gasteiger partial charge in [0.15, 0.2) is 5.78 Å². The lowest BCUT2D eigenvalue weighted by Crippen LogP contribution is -2.59. The summed E-state index contributed by atoms with van der Waals surface area (Å²) in [6.07, 6.45) is 13.0. The van der Waals surface area contributed by atoms with E-state index in [1.807, 2.05) is 34.6 Å². The van der Waals surface area contributed by atoms with Crippen LogP contribution in [0.3, 0.4) is 0 Å². The van der Waals surface area contributed by atoms with Crippen molar-refractivity contribution in [3.05, 3.63) is 24.3 Å². The summed E-state index contributed by atoms with van der Waals surface area (Å²) in [6, 6.07) is -2.65. The Morgan fingerprint density at radius 1 is 0.939 bits per heavy atom. The SMILES string of the molecule is CCCC(NC(=O)[C@@H]1[C@@H](CC)CCN1C(=O)[C@@H](NC(=O)[C@@H](CC(=O)c1cnccn1)CC(C)(C)C)C1CCCCC1)C(=O)C(=O)NC1CC1. The Hall–Kier alpha value is -3.70. The van der Waals surface area contributed by atoms with Crippen LogP contribution in [0, 0.1) is 23.2 Å². The fraction of sp³-hybridized carbons (Fsp3) is 0.730. The maximum atomic E-state index is 14.6. The van der Waals surface area contributed by atoms with Gasteiger partial charge in [-0.05, 0) is 62.2 Å². The monoisotopic (exact) mass is 680 g/mol. The van der Waals surface area contributed by atoms with Crippen molar-refractivity contribution in [2.24, 2.45) is 23.2 Å². The minimum atomic E-state index is -0.981. The third-order valence-corrected chi connectivity index (χ3v) is 10.1. The number of nitrogens with one attached hydrogen (secondary N) is 3. The molecule has 2 saturated carbocycles. The van der Waals surface area contributed by atoms with Gasteiger partial charge in [0.1, 0.15) is 17.8 Å². The Morgan fingerprint density at radius 3 is 2.24 bits per heavy atom. The van der Waals surface area contributed by atoms with Crippen molar-refractivity contribution in [1.82, 2.24) is 30.8 Å². The Morgan fingerprint density at radius 2 is 1.65 bits per heavy atom. The Kier molecular flexibility index (Phi) is 13.5. The summed E-state index contributed by atoms with van der Waals surface area (Å²) in [5, 5.41) is 8.66. The molecule has 3 aliphatic rings. The summed E-state index contributed by atoms with van der Waals surface area (Å²) >= 11 is 0. The summed E-state index contributed by atoms with van der Waals surface area (Å²) < 4.78 is 0. The van der Waals surface area contributed by atoms with Gasteiger partial charge in [-0.2, -0.15) is 0 Å². The van der Waals surface area contributed by atoms with E-state index in [1.54, 1.807) is 4.90 Å². The van der Waals surface area contributed by atoms with Gasteiger partial charge in [-0.1, -0.05) is 66.7 Å². The zero-order valence-corrected chi connectivity index (χ0v) is 30.0. The van der Waals surface area contributed by atoms with Crippen molar-refractivity contribution in [3.63, 3.8) is 0 Å². The first kappa shape index (κ1) is 38.1. The molecule has 4 rings (SSSR count). The van der Waals surface area contributed by atoms with Crippen LogP contribution in [0.4, 0.5) is 0 Å². The van der Waals surface area contributed by atoms with Crippen LogP contribution in [0.25, 0.3) is 0 Å². The molecule has 0 spiro atoms. The Labute approximate surface area is 290 Å². The maximum absolute atomic E-state index is 14.6. The molecule has 2 heterocycles. The van der Waals surface area contributed by atoms with E-state index < -0.39 is 41.6 Å². The van der Waals surface area contributed by atoms with E-state index in [-0.39, 0.29) is 53.0 Å². The number of Topliss-reactive ketones (excluding diaryl/α,β-unsaturated/α-hetero) is 2. The van der Waals surface area contributed by atoms with Gasteiger partial charge in [-0.15, -0.1) is 0 Å². The normalized spacial score (nSPS) is 21.7. The topological polar surface area (TPSA) is 168 Å². The van der Waals surface area contributed by atoms with Crippen LogP contribution < -0.4 is 16.0 Å². The van der Waals surface area contributed by atoms with Crippen LogP contribution >= 0.6 is 0 Å². The molecule has 3 N–H and O–H groups in total. The zero-order chi connectivity index (χ0) is 35.7. The van der Waals surface area contributed by atoms with Crippen molar-refractivity contribution in [1.29, 1.82) is 0 Å². The lowest BCUT2D eigenvalue weighted by molar-refractivity contribution is -0.145. The van der Waals surface area contributed by atoms with E-state index in [2.05, 4.69) is 25.9 Å². The second-order valence-electron chi connectivity index (χ2n) is 15.5. The van der Waals surface area contributed by atoms with E-state index in [0.717, 1.165) is 44.9 Å². The molecule has 1 aromatic rings. The highest BCUT2D eigenvalue weighted by Crippen LogP contribution is 2.34. The quantitative estimate of drug-likeness (QED) is 0.174. The minimum absolute atomic E-state index is 0.0157.